The number of rotatable bonds is 3. The molecule has 0 bridgehead atoms. The zero-order chi connectivity index (χ0) is 22.2. The van der Waals surface area contributed by atoms with Crippen LogP contribution in [-0.4, -0.2) is 10.9 Å². The van der Waals surface area contributed by atoms with Crippen molar-refractivity contribution < 1.29 is 9.21 Å². The van der Waals surface area contributed by atoms with Crippen molar-refractivity contribution in [2.75, 3.05) is 0 Å². The van der Waals surface area contributed by atoms with Crippen LogP contribution in [0, 0.1) is 0 Å². The van der Waals surface area contributed by atoms with E-state index in [2.05, 4.69) is 22.7 Å². The van der Waals surface area contributed by atoms with Gasteiger partial charge in [-0.3, -0.25) is 4.79 Å². The Balaban J connectivity index is 1.57. The number of nitrogens with zero attached hydrogens (tertiary/aromatic N) is 2. The van der Waals surface area contributed by atoms with Crippen LogP contribution in [0.25, 0.3) is 42.5 Å². The Morgan fingerprint density at radius 1 is 0.848 bits per heavy atom. The molecule has 0 radical (unpaired) electrons. The van der Waals surface area contributed by atoms with Gasteiger partial charge in [-0.25, -0.2) is 10.4 Å². The molecule has 1 amide bonds. The molecule has 5 nitrogen and oxygen atoms in total. The summed E-state index contributed by atoms with van der Waals surface area (Å²) in [6.07, 6.45) is 0. The van der Waals surface area contributed by atoms with Crippen molar-refractivity contribution in [3.8, 4) is 10.6 Å². The molecular weight excluding hydrogens is 430 g/mol. The first-order chi connectivity index (χ1) is 16.3. The number of para-hydroxylation sites is 1. The monoisotopic (exact) mass is 447 g/mol. The van der Waals surface area contributed by atoms with Crippen LogP contribution in [0.1, 0.15) is 10.4 Å². The van der Waals surface area contributed by atoms with Crippen molar-refractivity contribution in [1.29, 1.82) is 0 Å². The van der Waals surface area contributed by atoms with Crippen LogP contribution in [-0.2, 0) is 0 Å². The summed E-state index contributed by atoms with van der Waals surface area (Å²) in [6, 6.07) is 31.1. The second-order valence-corrected chi connectivity index (χ2v) is 8.60. The van der Waals surface area contributed by atoms with E-state index in [0.29, 0.717) is 16.7 Å². The van der Waals surface area contributed by atoms with Crippen LogP contribution in [0.3, 0.4) is 0 Å². The van der Waals surface area contributed by atoms with Gasteiger partial charge >= 0.3 is 0 Å². The van der Waals surface area contributed by atoms with Gasteiger partial charge in [-0.05, 0) is 47.2 Å². The Labute approximate surface area is 192 Å². The predicted molar refractivity (Wildman–Crippen MR) is 132 cm³/mol. The number of hydrogen-bond donors (Lipinski definition) is 1. The molecular formula is C27H17N3O2S. The highest BCUT2D eigenvalue weighted by Gasteiger charge is 2.14. The molecule has 0 aliphatic heterocycles. The third-order valence-corrected chi connectivity index (χ3v) is 6.55. The molecule has 0 unspecified atom stereocenters. The lowest BCUT2D eigenvalue weighted by Gasteiger charge is -2.06. The Morgan fingerprint density at radius 2 is 1.64 bits per heavy atom. The van der Waals surface area contributed by atoms with Gasteiger partial charge < -0.3 is 4.42 Å². The van der Waals surface area contributed by atoms with Crippen LogP contribution in [0.2, 0.25) is 0 Å². The number of nitrogens with one attached hydrogen (secondary N) is 1. The van der Waals surface area contributed by atoms with Crippen molar-refractivity contribution in [2.45, 2.75) is 0 Å². The van der Waals surface area contributed by atoms with Crippen LogP contribution in [0.15, 0.2) is 107 Å². The minimum atomic E-state index is -0.306. The second kappa shape index (κ2) is 8.00. The molecule has 0 atom stereocenters. The molecule has 0 spiro atoms. The summed E-state index contributed by atoms with van der Waals surface area (Å²) in [7, 11) is 0. The highest BCUT2D eigenvalue weighted by Crippen LogP contribution is 2.32. The van der Waals surface area contributed by atoms with Crippen LogP contribution < -0.4 is 11.0 Å². The van der Waals surface area contributed by atoms with Gasteiger partial charge in [0.25, 0.3) is 5.91 Å². The second-order valence-electron chi connectivity index (χ2n) is 7.57. The zero-order valence-corrected chi connectivity index (χ0v) is 18.2. The molecule has 1 N–H and O–H groups in total. The first kappa shape index (κ1) is 19.4. The van der Waals surface area contributed by atoms with Crippen molar-refractivity contribution in [3.05, 3.63) is 108 Å². The first-order valence-electron chi connectivity index (χ1n) is 10.5. The van der Waals surface area contributed by atoms with Gasteiger partial charge in [-0.1, -0.05) is 60.7 Å². The summed E-state index contributed by atoms with van der Waals surface area (Å²) >= 11 is 1.57. The topological polar surface area (TPSA) is 67.5 Å². The van der Waals surface area contributed by atoms with E-state index in [1.807, 2.05) is 72.8 Å². The van der Waals surface area contributed by atoms with Crippen molar-refractivity contribution in [3.63, 3.8) is 0 Å². The SMILES string of the molecule is O=C(N/N=c1/oc2ccc3ccccc3c2cc1-c1nc2ccccc2s1)c1ccccc1. The quantitative estimate of drug-likeness (QED) is 0.263. The highest BCUT2D eigenvalue weighted by atomic mass is 32.1. The molecule has 2 aromatic heterocycles. The molecule has 0 fully saturated rings. The van der Waals surface area contributed by atoms with Gasteiger partial charge in [0, 0.05) is 10.9 Å². The summed E-state index contributed by atoms with van der Waals surface area (Å²) in [6.45, 7) is 0. The average molecular weight is 448 g/mol. The number of hydrogen-bond acceptors (Lipinski definition) is 5. The van der Waals surface area contributed by atoms with E-state index < -0.39 is 0 Å². The van der Waals surface area contributed by atoms with Crippen molar-refractivity contribution in [1.82, 2.24) is 10.4 Å². The molecule has 158 valence electrons. The number of benzene rings is 4. The molecule has 6 rings (SSSR count). The minimum absolute atomic E-state index is 0.306. The van der Waals surface area contributed by atoms with E-state index in [1.54, 1.807) is 23.5 Å². The molecule has 0 aliphatic carbocycles. The Morgan fingerprint density at radius 3 is 2.52 bits per heavy atom. The van der Waals surface area contributed by atoms with Gasteiger partial charge in [0.05, 0.1) is 15.8 Å². The summed E-state index contributed by atoms with van der Waals surface area (Å²) in [5, 5.41) is 8.31. The standard InChI is InChI=1S/C27H17N3O2S/c31-25(18-9-2-1-3-10-18)29-30-26-21(27-28-22-12-6-7-13-24(22)33-27)16-20-19-11-5-4-8-17(19)14-15-23(20)32-26/h1-16H,(H,29,31)/b30-26+. The van der Waals surface area contributed by atoms with E-state index in [0.717, 1.165) is 36.9 Å². The number of aromatic nitrogens is 1. The summed E-state index contributed by atoms with van der Waals surface area (Å²) in [5.41, 5.74) is 5.79. The van der Waals surface area contributed by atoms with Gasteiger partial charge in [-0.2, -0.15) is 0 Å². The maximum absolute atomic E-state index is 12.6. The van der Waals surface area contributed by atoms with E-state index >= 15 is 0 Å². The highest BCUT2D eigenvalue weighted by molar-refractivity contribution is 7.21. The van der Waals surface area contributed by atoms with E-state index in [1.165, 1.54) is 0 Å². The fourth-order valence-corrected chi connectivity index (χ4v) is 4.83. The fourth-order valence-electron chi connectivity index (χ4n) is 3.86. The van der Waals surface area contributed by atoms with Gasteiger partial charge in [0.1, 0.15) is 10.6 Å². The summed E-state index contributed by atoms with van der Waals surface area (Å²) < 4.78 is 7.30. The number of carbonyl (C=O) groups is 1. The van der Waals surface area contributed by atoms with Crippen LogP contribution in [0.4, 0.5) is 0 Å². The lowest BCUT2D eigenvalue weighted by molar-refractivity contribution is 0.0951. The lowest BCUT2D eigenvalue weighted by atomic mass is 10.0. The number of fused-ring (bicyclic) bond motifs is 4. The molecule has 6 heteroatoms. The molecule has 0 saturated heterocycles. The number of thiazole rings is 1. The fraction of sp³-hybridized carbons (Fsp3) is 0. The van der Waals surface area contributed by atoms with Gasteiger partial charge in [-0.15, -0.1) is 16.4 Å². The third kappa shape index (κ3) is 3.56. The predicted octanol–water partition coefficient (Wildman–Crippen LogP) is 6.11. The maximum atomic E-state index is 12.6. The maximum Gasteiger partial charge on any atom is 0.271 e. The molecule has 4 aromatic carbocycles. The zero-order valence-electron chi connectivity index (χ0n) is 17.4. The van der Waals surface area contributed by atoms with Crippen molar-refractivity contribution >= 4 is 49.2 Å². The number of amides is 1. The Kier molecular flexibility index (Phi) is 4.70. The third-order valence-electron chi connectivity index (χ3n) is 5.48. The summed E-state index contributed by atoms with van der Waals surface area (Å²) in [5.74, 6) is -0.306. The van der Waals surface area contributed by atoms with Crippen molar-refractivity contribution in [2.24, 2.45) is 5.10 Å². The largest absolute Gasteiger partial charge is 0.436 e. The molecule has 0 aliphatic rings. The molecule has 0 saturated carbocycles. The molecule has 2 heterocycles. The molecule has 6 aromatic rings. The normalized spacial score (nSPS) is 11.9. The van der Waals surface area contributed by atoms with Gasteiger partial charge in [0.2, 0.25) is 5.55 Å². The van der Waals surface area contributed by atoms with E-state index in [-0.39, 0.29) is 5.91 Å². The summed E-state index contributed by atoms with van der Waals surface area (Å²) in [4.78, 5) is 17.4. The van der Waals surface area contributed by atoms with Crippen LogP contribution in [0.5, 0.6) is 0 Å². The Hall–Kier alpha value is -4.29. The Bertz CT molecular complexity index is 1690. The van der Waals surface area contributed by atoms with E-state index in [9.17, 15) is 4.79 Å². The molecule has 33 heavy (non-hydrogen) atoms. The minimum Gasteiger partial charge on any atom is -0.436 e. The van der Waals surface area contributed by atoms with Crippen LogP contribution >= 0.6 is 11.3 Å². The van der Waals surface area contributed by atoms with E-state index in [4.69, 9.17) is 9.40 Å². The first-order valence-corrected chi connectivity index (χ1v) is 11.3. The van der Waals surface area contributed by atoms with Gasteiger partial charge in [0.15, 0.2) is 0 Å². The number of carbonyl (C=O) groups excluding carboxylic acids is 1. The smallest absolute Gasteiger partial charge is 0.271 e. The average Bonchev–Trinajstić information content (AvgIpc) is 3.31. The lowest BCUT2D eigenvalue weighted by Crippen LogP contribution is -2.22.